The van der Waals surface area contributed by atoms with E-state index in [-0.39, 0.29) is 28.9 Å². The molecule has 1 aromatic heterocycles. The molecule has 0 radical (unpaired) electrons. The van der Waals surface area contributed by atoms with Crippen molar-refractivity contribution in [1.29, 1.82) is 0 Å². The lowest BCUT2D eigenvalue weighted by Crippen LogP contribution is -2.19. The molecule has 1 aliphatic carbocycles. The van der Waals surface area contributed by atoms with Crippen LogP contribution in [0.5, 0.6) is 5.75 Å². The van der Waals surface area contributed by atoms with Gasteiger partial charge in [0, 0.05) is 24.0 Å². The van der Waals surface area contributed by atoms with Gasteiger partial charge in [-0.15, -0.1) is 0 Å². The zero-order valence-corrected chi connectivity index (χ0v) is 16.6. The predicted octanol–water partition coefficient (Wildman–Crippen LogP) is 5.73. The maximum atomic E-state index is 8.96. The topological polar surface area (TPSA) is 64.5 Å². The molecule has 1 heterocycles. The van der Waals surface area contributed by atoms with Crippen LogP contribution in [0.3, 0.4) is 0 Å². The first-order valence-electron chi connectivity index (χ1n) is 15.2. The van der Waals surface area contributed by atoms with Crippen molar-refractivity contribution >= 4 is 5.69 Å². The lowest BCUT2D eigenvalue weighted by Gasteiger charge is -2.13. The second kappa shape index (κ2) is 8.68. The Hall–Kier alpha value is -3.17. The van der Waals surface area contributed by atoms with Gasteiger partial charge >= 0.3 is 0 Å². The molecular weight excluding hydrogens is 376 g/mol. The quantitative estimate of drug-likeness (QED) is 0.500. The van der Waals surface area contributed by atoms with Crippen molar-refractivity contribution in [2.24, 2.45) is 0 Å². The van der Waals surface area contributed by atoms with Gasteiger partial charge in [-0.2, -0.15) is 4.98 Å². The van der Waals surface area contributed by atoms with E-state index in [4.69, 9.17) is 32.3 Å². The highest BCUT2D eigenvalue weighted by atomic mass is 16.5. The van der Waals surface area contributed by atoms with E-state index in [2.05, 4.69) is 20.3 Å². The SMILES string of the molecule is [2H]c1c([2H])c(-c2noc(-c3c([2H])c([2H])c(OC([2H])(C)C)c([N+]#[C-])c3[2H])n2)c2c(c1[2H])[C@@]([2H])(NC([2H])([2H])CC)C([2H])([2H])C2. The summed E-state index contributed by atoms with van der Waals surface area (Å²) in [5.74, 6) is -1.32. The first kappa shape index (κ1) is 10.2. The Morgan fingerprint density at radius 1 is 1.50 bits per heavy atom. The maximum Gasteiger partial charge on any atom is 0.256 e. The highest BCUT2D eigenvalue weighted by Gasteiger charge is 2.26. The standard InChI is InChI=1S/C24H26N4O2/c1-5-13-26-20-11-10-17-18(20)7-6-8-19(17)23-27-24(30-28-23)16-9-12-22(29-15(2)3)21(14-16)25-4/h6-9,12,14-15,20,26H,5,10-11,13H2,1-3H3/t20-/m0/s1/i6D,7D,8D,9D,11D2,12D,13D2,14D,15D,20D. The molecule has 1 aliphatic rings. The highest BCUT2D eigenvalue weighted by Crippen LogP contribution is 2.38. The van der Waals surface area contributed by atoms with Crippen LogP contribution in [0.15, 0.2) is 40.8 Å². The van der Waals surface area contributed by atoms with Crippen molar-refractivity contribution < 1.29 is 25.7 Å². The number of rotatable bonds is 7. The van der Waals surface area contributed by atoms with Gasteiger partial charge in [-0.05, 0) is 68.8 Å². The molecule has 30 heavy (non-hydrogen) atoms. The smallest absolute Gasteiger partial charge is 0.256 e. The van der Waals surface area contributed by atoms with E-state index >= 15 is 0 Å². The fourth-order valence-corrected chi connectivity index (χ4v) is 2.84. The third-order valence-corrected chi connectivity index (χ3v) is 4.10. The zero-order valence-electron chi connectivity index (χ0n) is 28.6. The summed E-state index contributed by atoms with van der Waals surface area (Å²) in [6.07, 6.45) is -4.77. The lowest BCUT2D eigenvalue weighted by molar-refractivity contribution is 0.244. The summed E-state index contributed by atoms with van der Waals surface area (Å²) in [7, 11) is 0. The van der Waals surface area contributed by atoms with E-state index in [1.165, 1.54) is 20.8 Å². The van der Waals surface area contributed by atoms with Crippen molar-refractivity contribution in [3.8, 4) is 28.6 Å². The van der Waals surface area contributed by atoms with Crippen LogP contribution < -0.4 is 10.1 Å². The van der Waals surface area contributed by atoms with Gasteiger partial charge in [0.05, 0.1) is 22.2 Å². The second-order valence-electron chi connectivity index (χ2n) is 6.46. The summed E-state index contributed by atoms with van der Waals surface area (Å²) < 4.78 is 112. The van der Waals surface area contributed by atoms with Crippen LogP contribution in [0.1, 0.15) is 67.2 Å². The Morgan fingerprint density at radius 3 is 3.13 bits per heavy atom. The summed E-state index contributed by atoms with van der Waals surface area (Å²) in [6, 6.07) is -6.22. The number of nitrogens with zero attached hydrogens (tertiary/aromatic N) is 3. The molecule has 2 aromatic carbocycles. The number of fused-ring (bicyclic) bond motifs is 1. The molecule has 1 atom stereocenters. The van der Waals surface area contributed by atoms with Crippen molar-refractivity contribution in [2.75, 3.05) is 6.50 Å². The third kappa shape index (κ3) is 3.94. The molecule has 6 heteroatoms. The molecule has 1 N–H and O–H groups in total. The van der Waals surface area contributed by atoms with E-state index in [9.17, 15) is 0 Å². The van der Waals surface area contributed by atoms with Gasteiger partial charge in [0.1, 0.15) is 5.75 Å². The average molecular weight is 415 g/mol. The Kier molecular flexibility index (Phi) is 2.96. The molecule has 0 saturated carbocycles. The minimum Gasteiger partial charge on any atom is -0.502 e. The normalized spacial score (nSPS) is 25.9. The van der Waals surface area contributed by atoms with Crippen LogP contribution in [-0.2, 0) is 6.42 Å². The molecule has 0 bridgehead atoms. The fraction of sp³-hybridized carbons (Fsp3) is 0.375. The van der Waals surface area contributed by atoms with Crippen LogP contribution in [0.25, 0.3) is 27.7 Å². The fourth-order valence-electron chi connectivity index (χ4n) is 2.84. The molecule has 154 valence electrons. The van der Waals surface area contributed by atoms with Crippen LogP contribution in [0, 0.1) is 6.57 Å². The van der Waals surface area contributed by atoms with E-state index in [0.717, 1.165) is 0 Å². The first-order chi connectivity index (χ1) is 19.2. The summed E-state index contributed by atoms with van der Waals surface area (Å²) in [5.41, 5.74) is -1.55. The van der Waals surface area contributed by atoms with Gasteiger partial charge in [0.25, 0.3) is 5.89 Å². The van der Waals surface area contributed by atoms with Crippen LogP contribution in [0.2, 0.25) is 0 Å². The van der Waals surface area contributed by atoms with Gasteiger partial charge in [0.2, 0.25) is 11.5 Å². The summed E-state index contributed by atoms with van der Waals surface area (Å²) in [4.78, 5) is 7.41. The summed E-state index contributed by atoms with van der Waals surface area (Å²) in [6.45, 7) is 9.50. The highest BCUT2D eigenvalue weighted by molar-refractivity contribution is 5.70. The van der Waals surface area contributed by atoms with Crippen molar-refractivity contribution in [3.05, 3.63) is 58.8 Å². The Morgan fingerprint density at radius 2 is 2.37 bits per heavy atom. The summed E-state index contributed by atoms with van der Waals surface area (Å²) >= 11 is 0. The van der Waals surface area contributed by atoms with Crippen LogP contribution in [0.4, 0.5) is 5.69 Å². The Balaban J connectivity index is 1.95. The van der Waals surface area contributed by atoms with E-state index < -0.39 is 90.5 Å². The molecule has 0 spiro atoms. The minimum absolute atomic E-state index is 0.0746. The molecule has 4 rings (SSSR count). The number of nitrogens with one attached hydrogen (secondary N) is 1. The number of benzene rings is 2. The molecule has 0 aliphatic heterocycles. The molecule has 0 amide bonds. The number of aromatic nitrogens is 2. The second-order valence-corrected chi connectivity index (χ2v) is 6.46. The maximum absolute atomic E-state index is 8.96. The predicted molar refractivity (Wildman–Crippen MR) is 117 cm³/mol. The van der Waals surface area contributed by atoms with Crippen molar-refractivity contribution in [3.63, 3.8) is 0 Å². The van der Waals surface area contributed by atoms with Crippen LogP contribution in [-0.4, -0.2) is 22.7 Å². The minimum atomic E-state index is -2.52. The molecule has 0 fully saturated rings. The van der Waals surface area contributed by atoms with Gasteiger partial charge in [-0.1, -0.05) is 30.2 Å². The monoisotopic (exact) mass is 414 g/mol. The Bertz CT molecular complexity index is 1640. The molecule has 6 nitrogen and oxygen atoms in total. The number of hydrogen-bond donors (Lipinski definition) is 1. The zero-order chi connectivity index (χ0) is 31.7. The lowest BCUT2D eigenvalue weighted by atomic mass is 10.0. The third-order valence-electron chi connectivity index (χ3n) is 4.10. The molecule has 0 unspecified atom stereocenters. The average Bonchev–Trinajstić information content (AvgIpc) is 3.41. The van der Waals surface area contributed by atoms with E-state index in [1.807, 2.05) is 0 Å². The van der Waals surface area contributed by atoms with E-state index in [0.29, 0.717) is 0 Å². The van der Waals surface area contributed by atoms with Gasteiger partial charge < -0.3 is 14.6 Å². The largest absolute Gasteiger partial charge is 0.502 e. The number of hydrogen-bond acceptors (Lipinski definition) is 5. The summed E-state index contributed by atoms with van der Waals surface area (Å²) in [5, 5.41) is 6.16. The van der Waals surface area contributed by atoms with E-state index in [1.54, 1.807) is 0 Å². The molecule has 3 aromatic rings. The van der Waals surface area contributed by atoms with Gasteiger partial charge in [-0.3, -0.25) is 0 Å². The molecular formula is C24H26N4O2. The van der Waals surface area contributed by atoms with Crippen LogP contribution >= 0.6 is 0 Å². The molecule has 0 saturated heterocycles. The van der Waals surface area contributed by atoms with Crippen molar-refractivity contribution in [1.82, 2.24) is 15.5 Å². The van der Waals surface area contributed by atoms with Gasteiger partial charge in [0.15, 0.2) is 0 Å². The Labute approximate surface area is 193 Å². The number of ether oxygens (including phenoxy) is 1. The first-order valence-corrected chi connectivity index (χ1v) is 9.18. The van der Waals surface area contributed by atoms with Gasteiger partial charge in [-0.25, -0.2) is 4.85 Å². The van der Waals surface area contributed by atoms with Crippen molar-refractivity contribution in [2.45, 2.75) is 52.1 Å².